The van der Waals surface area contributed by atoms with Gasteiger partial charge >= 0.3 is 0 Å². The number of carbonyl (C=O) groups excluding carboxylic acids is 1. The van der Waals surface area contributed by atoms with Crippen LogP contribution < -0.4 is 10.6 Å². The molecule has 2 N–H and O–H groups in total. The van der Waals surface area contributed by atoms with E-state index in [9.17, 15) is 9.18 Å². The Morgan fingerprint density at radius 1 is 1.09 bits per heavy atom. The van der Waals surface area contributed by atoms with E-state index in [0.29, 0.717) is 31.5 Å². The number of nitrogens with one attached hydrogen (secondary N) is 2. The van der Waals surface area contributed by atoms with Gasteiger partial charge < -0.3 is 10.6 Å². The van der Waals surface area contributed by atoms with Crippen molar-refractivity contribution in [2.75, 3.05) is 18.4 Å². The van der Waals surface area contributed by atoms with E-state index in [-0.39, 0.29) is 11.7 Å². The Morgan fingerprint density at radius 2 is 1.91 bits per heavy atom. The highest BCUT2D eigenvalue weighted by Crippen LogP contribution is 2.15. The Labute approximate surface area is 138 Å². The van der Waals surface area contributed by atoms with Crippen molar-refractivity contribution < 1.29 is 9.18 Å². The van der Waals surface area contributed by atoms with Gasteiger partial charge in [0.1, 0.15) is 5.82 Å². The predicted octanol–water partition coefficient (Wildman–Crippen LogP) is 3.75. The number of amides is 1. The number of anilines is 1. The average Bonchev–Trinajstić information content (AvgIpc) is 2.48. The van der Waals surface area contributed by atoms with Gasteiger partial charge in [-0.05, 0) is 42.8 Å². The number of benzene rings is 2. The van der Waals surface area contributed by atoms with Crippen LogP contribution in [0.3, 0.4) is 0 Å². The van der Waals surface area contributed by atoms with Gasteiger partial charge in [0, 0.05) is 23.1 Å². The largest absolute Gasteiger partial charge is 0.326 e. The molecule has 0 spiro atoms. The molecule has 5 heteroatoms. The topological polar surface area (TPSA) is 41.1 Å². The molecule has 0 aromatic heterocycles. The maximum Gasteiger partial charge on any atom is 0.225 e. The first kappa shape index (κ1) is 16.6. The van der Waals surface area contributed by atoms with E-state index in [1.807, 2.05) is 30.3 Å². The van der Waals surface area contributed by atoms with Crippen molar-refractivity contribution in [2.24, 2.45) is 0 Å². The second kappa shape index (κ2) is 8.66. The first-order valence-electron chi connectivity index (χ1n) is 7.15. The number of carbonyl (C=O) groups is 1. The molecule has 0 radical (unpaired) electrons. The zero-order chi connectivity index (χ0) is 15.8. The molecule has 0 saturated heterocycles. The van der Waals surface area contributed by atoms with E-state index in [1.165, 1.54) is 6.07 Å². The Bertz CT molecular complexity index is 634. The molecule has 0 bridgehead atoms. The first-order valence-corrected chi connectivity index (χ1v) is 7.94. The second-order valence-corrected chi connectivity index (χ2v) is 5.82. The van der Waals surface area contributed by atoms with Gasteiger partial charge in [-0.15, -0.1) is 0 Å². The van der Waals surface area contributed by atoms with Crippen LogP contribution in [0.15, 0.2) is 53.0 Å². The minimum Gasteiger partial charge on any atom is -0.326 e. The summed E-state index contributed by atoms with van der Waals surface area (Å²) in [6.45, 7) is 1.21. The minimum absolute atomic E-state index is 0.0449. The average molecular weight is 365 g/mol. The molecule has 0 aliphatic heterocycles. The number of hydrogen-bond donors (Lipinski definition) is 2. The highest BCUT2D eigenvalue weighted by atomic mass is 79.9. The lowest BCUT2D eigenvalue weighted by molar-refractivity contribution is -0.116. The Kier molecular flexibility index (Phi) is 6.55. The summed E-state index contributed by atoms with van der Waals surface area (Å²) < 4.78 is 14.3. The van der Waals surface area contributed by atoms with Gasteiger partial charge in [-0.25, -0.2) is 4.39 Å². The van der Waals surface area contributed by atoms with E-state index < -0.39 is 0 Å². The summed E-state index contributed by atoms with van der Waals surface area (Å²) in [7, 11) is 0. The van der Waals surface area contributed by atoms with Crippen molar-refractivity contribution in [2.45, 2.75) is 12.8 Å². The van der Waals surface area contributed by atoms with Gasteiger partial charge in [0.15, 0.2) is 0 Å². The van der Waals surface area contributed by atoms with E-state index in [2.05, 4.69) is 26.6 Å². The number of hydrogen-bond acceptors (Lipinski definition) is 2. The van der Waals surface area contributed by atoms with Crippen molar-refractivity contribution in [1.82, 2.24) is 5.32 Å². The van der Waals surface area contributed by atoms with Crippen LogP contribution in [-0.2, 0) is 11.2 Å². The molecule has 116 valence electrons. The van der Waals surface area contributed by atoms with Crippen LogP contribution in [0.1, 0.15) is 12.0 Å². The second-order valence-electron chi connectivity index (χ2n) is 4.90. The predicted molar refractivity (Wildman–Crippen MR) is 90.4 cm³/mol. The van der Waals surface area contributed by atoms with Gasteiger partial charge in [0.25, 0.3) is 0 Å². The third-order valence-corrected chi connectivity index (χ3v) is 3.66. The fourth-order valence-corrected chi connectivity index (χ4v) is 2.44. The Balaban J connectivity index is 1.64. The molecule has 0 saturated carbocycles. The summed E-state index contributed by atoms with van der Waals surface area (Å²) in [4.78, 5) is 11.8. The summed E-state index contributed by atoms with van der Waals surface area (Å²) in [5, 5.41) is 5.98. The molecule has 0 heterocycles. The van der Waals surface area contributed by atoms with Crippen molar-refractivity contribution in [3.8, 4) is 0 Å². The van der Waals surface area contributed by atoms with Crippen LogP contribution in [0.4, 0.5) is 10.1 Å². The van der Waals surface area contributed by atoms with Gasteiger partial charge in [0.05, 0.1) is 0 Å². The van der Waals surface area contributed by atoms with E-state index in [4.69, 9.17) is 0 Å². The van der Waals surface area contributed by atoms with Gasteiger partial charge in [-0.1, -0.05) is 40.2 Å². The third kappa shape index (κ3) is 5.58. The van der Waals surface area contributed by atoms with Crippen LogP contribution >= 0.6 is 15.9 Å². The summed E-state index contributed by atoms with van der Waals surface area (Å²) >= 11 is 3.36. The zero-order valence-electron chi connectivity index (χ0n) is 12.1. The molecule has 0 atom stereocenters. The van der Waals surface area contributed by atoms with Crippen LogP contribution in [0.5, 0.6) is 0 Å². The lowest BCUT2D eigenvalue weighted by Gasteiger charge is -2.07. The summed E-state index contributed by atoms with van der Waals surface area (Å²) in [6.07, 6.45) is 0.990. The summed E-state index contributed by atoms with van der Waals surface area (Å²) in [5.41, 5.74) is 1.46. The molecule has 3 nitrogen and oxygen atoms in total. The van der Waals surface area contributed by atoms with Crippen molar-refractivity contribution in [3.05, 3.63) is 64.4 Å². The normalized spacial score (nSPS) is 10.5. The third-order valence-electron chi connectivity index (χ3n) is 3.17. The van der Waals surface area contributed by atoms with Crippen molar-refractivity contribution in [1.29, 1.82) is 0 Å². The fraction of sp³-hybridized carbons (Fsp3) is 0.235. The van der Waals surface area contributed by atoms with Crippen LogP contribution in [-0.4, -0.2) is 19.0 Å². The van der Waals surface area contributed by atoms with Crippen LogP contribution in [0.25, 0.3) is 0 Å². The molecular formula is C17H18BrFN2O. The molecule has 2 rings (SSSR count). The monoisotopic (exact) mass is 364 g/mol. The first-order chi connectivity index (χ1) is 10.6. The molecule has 1 amide bonds. The summed E-state index contributed by atoms with van der Waals surface area (Å²) in [6, 6.07) is 14.2. The lowest BCUT2D eigenvalue weighted by Crippen LogP contribution is -2.23. The van der Waals surface area contributed by atoms with Gasteiger partial charge in [-0.3, -0.25) is 4.79 Å². The van der Waals surface area contributed by atoms with Gasteiger partial charge in [0.2, 0.25) is 5.91 Å². The standard InChI is InChI=1S/C17H18BrFN2O/c18-14-5-3-6-15(12-14)21-17(22)9-11-20-10-8-13-4-1-2-7-16(13)19/h1-7,12,20H,8-11H2,(H,21,22). The molecule has 0 unspecified atom stereocenters. The summed E-state index contributed by atoms with van der Waals surface area (Å²) in [5.74, 6) is -0.229. The van der Waals surface area contributed by atoms with Crippen LogP contribution in [0.2, 0.25) is 0 Å². The van der Waals surface area contributed by atoms with E-state index in [1.54, 1.807) is 12.1 Å². The van der Waals surface area contributed by atoms with Gasteiger partial charge in [-0.2, -0.15) is 0 Å². The quantitative estimate of drug-likeness (QED) is 0.734. The fourth-order valence-electron chi connectivity index (χ4n) is 2.04. The molecule has 22 heavy (non-hydrogen) atoms. The maximum atomic E-state index is 13.4. The van der Waals surface area contributed by atoms with E-state index in [0.717, 1.165) is 10.2 Å². The minimum atomic E-state index is -0.184. The number of rotatable bonds is 7. The Morgan fingerprint density at radius 3 is 2.68 bits per heavy atom. The highest BCUT2D eigenvalue weighted by Gasteiger charge is 2.03. The zero-order valence-corrected chi connectivity index (χ0v) is 13.7. The molecule has 0 fully saturated rings. The molecule has 2 aromatic rings. The lowest BCUT2D eigenvalue weighted by atomic mass is 10.1. The molecule has 2 aromatic carbocycles. The molecule has 0 aliphatic rings. The highest BCUT2D eigenvalue weighted by molar-refractivity contribution is 9.10. The smallest absolute Gasteiger partial charge is 0.225 e. The Hall–Kier alpha value is -1.72. The maximum absolute atomic E-state index is 13.4. The van der Waals surface area contributed by atoms with Crippen molar-refractivity contribution >= 4 is 27.5 Å². The SMILES string of the molecule is O=C(CCNCCc1ccccc1F)Nc1cccc(Br)c1. The number of halogens is 2. The molecular weight excluding hydrogens is 347 g/mol. The van der Waals surface area contributed by atoms with Crippen LogP contribution in [0, 0.1) is 5.82 Å². The van der Waals surface area contributed by atoms with Crippen molar-refractivity contribution in [3.63, 3.8) is 0 Å². The van der Waals surface area contributed by atoms with E-state index >= 15 is 0 Å². The molecule has 0 aliphatic carbocycles.